The molecule has 0 fully saturated rings. The first-order valence-electron chi connectivity index (χ1n) is 9.17. The maximum absolute atomic E-state index is 12.4. The van der Waals surface area contributed by atoms with E-state index in [1.807, 2.05) is 36.4 Å². The molecule has 3 aromatic rings. The van der Waals surface area contributed by atoms with Crippen LogP contribution in [0.25, 0.3) is 0 Å². The Labute approximate surface area is 168 Å². The lowest BCUT2D eigenvalue weighted by molar-refractivity contribution is 0.0512. The summed E-state index contributed by atoms with van der Waals surface area (Å²) in [6, 6.07) is 18.2. The number of nitrogens with one attached hydrogen (secondary N) is 1. The summed E-state index contributed by atoms with van der Waals surface area (Å²) in [5.74, 6) is -0.787. The van der Waals surface area contributed by atoms with Crippen molar-refractivity contribution in [3.8, 4) is 5.88 Å². The molecule has 0 saturated heterocycles. The molecule has 0 aliphatic heterocycles. The van der Waals surface area contributed by atoms with Gasteiger partial charge in [-0.3, -0.25) is 4.79 Å². The van der Waals surface area contributed by atoms with Gasteiger partial charge in [0.25, 0.3) is 5.91 Å². The molecule has 29 heavy (non-hydrogen) atoms. The lowest BCUT2D eigenvalue weighted by Crippen LogP contribution is -2.18. The van der Waals surface area contributed by atoms with Crippen LogP contribution in [-0.2, 0) is 11.3 Å². The van der Waals surface area contributed by atoms with Gasteiger partial charge in [-0.25, -0.2) is 14.8 Å². The molecular formula is C22H21N3O4. The number of benzene rings is 2. The Morgan fingerprint density at radius 3 is 2.28 bits per heavy atom. The van der Waals surface area contributed by atoms with E-state index in [1.165, 1.54) is 0 Å². The van der Waals surface area contributed by atoms with Gasteiger partial charge in [-0.2, -0.15) is 0 Å². The summed E-state index contributed by atoms with van der Waals surface area (Å²) in [5.41, 5.74) is 1.72. The van der Waals surface area contributed by atoms with Crippen molar-refractivity contribution in [2.24, 2.45) is 0 Å². The van der Waals surface area contributed by atoms with Gasteiger partial charge in [0.05, 0.1) is 12.3 Å². The normalized spacial score (nSPS) is 10.3. The van der Waals surface area contributed by atoms with Crippen molar-refractivity contribution in [3.05, 3.63) is 83.2 Å². The molecular weight excluding hydrogens is 370 g/mol. The zero-order chi connectivity index (χ0) is 20.6. The van der Waals surface area contributed by atoms with Gasteiger partial charge in [-0.05, 0) is 31.5 Å². The van der Waals surface area contributed by atoms with Gasteiger partial charge >= 0.3 is 5.97 Å². The van der Waals surface area contributed by atoms with Crippen LogP contribution in [0.2, 0.25) is 0 Å². The molecule has 0 unspecified atom stereocenters. The van der Waals surface area contributed by atoms with Crippen molar-refractivity contribution in [2.45, 2.75) is 20.5 Å². The minimum atomic E-state index is -0.668. The molecule has 0 spiro atoms. The first-order valence-corrected chi connectivity index (χ1v) is 9.17. The number of carbonyl (C=O) groups excluding carboxylic acids is 2. The first-order chi connectivity index (χ1) is 14.1. The van der Waals surface area contributed by atoms with Crippen LogP contribution in [0.3, 0.4) is 0 Å². The average molecular weight is 391 g/mol. The zero-order valence-electron chi connectivity index (χ0n) is 16.2. The van der Waals surface area contributed by atoms with E-state index < -0.39 is 5.97 Å². The van der Waals surface area contributed by atoms with E-state index in [0.717, 1.165) is 5.56 Å². The fraction of sp³-hybridized carbons (Fsp3) is 0.182. The largest absolute Gasteiger partial charge is 0.471 e. The molecule has 2 aromatic carbocycles. The Hall–Kier alpha value is -3.74. The molecule has 0 aliphatic carbocycles. The van der Waals surface area contributed by atoms with Crippen molar-refractivity contribution >= 4 is 17.7 Å². The molecule has 1 aromatic heterocycles. The van der Waals surface area contributed by atoms with E-state index in [9.17, 15) is 9.59 Å². The van der Waals surface area contributed by atoms with Gasteiger partial charge < -0.3 is 14.8 Å². The molecule has 1 amide bonds. The Kier molecular flexibility index (Phi) is 6.52. The molecule has 0 aliphatic rings. The second-order valence-corrected chi connectivity index (χ2v) is 6.13. The predicted octanol–water partition coefficient (Wildman–Crippen LogP) is 3.79. The maximum atomic E-state index is 12.4. The number of amides is 1. The topological polar surface area (TPSA) is 90.4 Å². The van der Waals surface area contributed by atoms with Gasteiger partial charge in [-0.15, -0.1) is 0 Å². The van der Waals surface area contributed by atoms with Crippen molar-refractivity contribution < 1.29 is 19.1 Å². The zero-order valence-corrected chi connectivity index (χ0v) is 16.2. The number of hydrogen-bond donors (Lipinski definition) is 1. The third kappa shape index (κ3) is 5.16. The molecule has 0 saturated carbocycles. The fourth-order valence-electron chi connectivity index (χ4n) is 2.55. The molecule has 0 radical (unpaired) electrons. The summed E-state index contributed by atoms with van der Waals surface area (Å²) in [5, 5.41) is 2.69. The van der Waals surface area contributed by atoms with Crippen molar-refractivity contribution in [1.29, 1.82) is 0 Å². The predicted molar refractivity (Wildman–Crippen MR) is 108 cm³/mol. The van der Waals surface area contributed by atoms with Crippen LogP contribution in [0.4, 0.5) is 5.82 Å². The number of carbonyl (C=O) groups is 2. The van der Waals surface area contributed by atoms with E-state index in [0.29, 0.717) is 11.3 Å². The Morgan fingerprint density at radius 2 is 1.62 bits per heavy atom. The highest BCUT2D eigenvalue weighted by Gasteiger charge is 2.22. The second kappa shape index (κ2) is 9.45. The first kappa shape index (κ1) is 20.0. The second-order valence-electron chi connectivity index (χ2n) is 6.13. The van der Waals surface area contributed by atoms with Crippen LogP contribution in [0, 0.1) is 6.92 Å². The average Bonchev–Trinajstić information content (AvgIpc) is 2.75. The van der Waals surface area contributed by atoms with E-state index in [2.05, 4.69) is 15.3 Å². The van der Waals surface area contributed by atoms with Crippen LogP contribution >= 0.6 is 0 Å². The fourth-order valence-corrected chi connectivity index (χ4v) is 2.55. The van der Waals surface area contributed by atoms with Gasteiger partial charge in [0.15, 0.2) is 5.82 Å². The minimum absolute atomic E-state index is 0.0579. The molecule has 0 atom stereocenters. The van der Waals surface area contributed by atoms with Crippen molar-refractivity contribution in [3.63, 3.8) is 0 Å². The van der Waals surface area contributed by atoms with E-state index in [1.54, 1.807) is 38.1 Å². The Balaban J connectivity index is 1.87. The standard InChI is InChI=1S/C22H21N3O4/c1-3-28-22(27)18-21(29-14-16-10-6-4-7-11-16)23-15(2)19(24-18)25-20(26)17-12-8-5-9-13-17/h4-13H,3,14H2,1-2H3,(H,24,25,26). The van der Waals surface area contributed by atoms with Crippen LogP contribution < -0.4 is 10.1 Å². The number of aryl methyl sites for hydroxylation is 1. The number of aromatic nitrogens is 2. The number of rotatable bonds is 7. The summed E-state index contributed by atoms with van der Waals surface area (Å²) in [6.45, 7) is 3.77. The summed E-state index contributed by atoms with van der Waals surface area (Å²) in [7, 11) is 0. The maximum Gasteiger partial charge on any atom is 0.362 e. The molecule has 1 heterocycles. The number of ether oxygens (including phenoxy) is 2. The lowest BCUT2D eigenvalue weighted by Gasteiger charge is -2.13. The van der Waals surface area contributed by atoms with Crippen LogP contribution in [0.5, 0.6) is 5.88 Å². The number of esters is 1. The van der Waals surface area contributed by atoms with Crippen LogP contribution in [-0.4, -0.2) is 28.5 Å². The number of hydrogen-bond acceptors (Lipinski definition) is 6. The van der Waals surface area contributed by atoms with Crippen LogP contribution in [0.1, 0.15) is 39.0 Å². The lowest BCUT2D eigenvalue weighted by atomic mass is 10.2. The summed E-state index contributed by atoms with van der Waals surface area (Å²) in [4.78, 5) is 33.4. The van der Waals surface area contributed by atoms with E-state index >= 15 is 0 Å². The third-order valence-electron chi connectivity index (χ3n) is 3.99. The van der Waals surface area contributed by atoms with Gasteiger partial charge in [0, 0.05) is 5.56 Å². The highest BCUT2D eigenvalue weighted by molar-refractivity contribution is 6.04. The third-order valence-corrected chi connectivity index (χ3v) is 3.99. The molecule has 7 nitrogen and oxygen atoms in total. The summed E-state index contributed by atoms with van der Waals surface area (Å²) < 4.78 is 10.8. The highest BCUT2D eigenvalue weighted by atomic mass is 16.5. The molecule has 7 heteroatoms. The smallest absolute Gasteiger partial charge is 0.362 e. The Bertz CT molecular complexity index is 992. The molecule has 0 bridgehead atoms. The van der Waals surface area contributed by atoms with E-state index in [4.69, 9.17) is 9.47 Å². The SMILES string of the molecule is CCOC(=O)c1nc(NC(=O)c2ccccc2)c(C)nc1OCc1ccccc1. The van der Waals surface area contributed by atoms with Crippen molar-refractivity contribution in [1.82, 2.24) is 9.97 Å². The quantitative estimate of drug-likeness (QED) is 0.616. The van der Waals surface area contributed by atoms with Crippen LogP contribution in [0.15, 0.2) is 60.7 Å². The molecule has 1 N–H and O–H groups in total. The van der Waals surface area contributed by atoms with Gasteiger partial charge in [-0.1, -0.05) is 48.5 Å². The van der Waals surface area contributed by atoms with Crippen molar-refractivity contribution in [2.75, 3.05) is 11.9 Å². The highest BCUT2D eigenvalue weighted by Crippen LogP contribution is 2.22. The van der Waals surface area contributed by atoms with Gasteiger partial charge in [0.1, 0.15) is 6.61 Å². The number of anilines is 1. The Morgan fingerprint density at radius 1 is 0.966 bits per heavy atom. The summed E-state index contributed by atoms with van der Waals surface area (Å²) in [6.07, 6.45) is 0. The monoisotopic (exact) mass is 391 g/mol. The minimum Gasteiger partial charge on any atom is -0.471 e. The number of nitrogens with zero attached hydrogens (tertiary/aromatic N) is 2. The molecule has 3 rings (SSSR count). The summed E-state index contributed by atoms with van der Waals surface area (Å²) >= 11 is 0. The van der Waals surface area contributed by atoms with Gasteiger partial charge in [0.2, 0.25) is 11.6 Å². The van der Waals surface area contributed by atoms with E-state index in [-0.39, 0.29) is 36.5 Å². The molecule has 148 valence electrons.